The van der Waals surface area contributed by atoms with E-state index in [2.05, 4.69) is 10.4 Å². The molecule has 0 bridgehead atoms. The highest BCUT2D eigenvalue weighted by atomic mass is 19.1. The minimum Gasteiger partial charge on any atom is -0.327 e. The summed E-state index contributed by atoms with van der Waals surface area (Å²) < 4.78 is 15.4. The molecule has 0 unspecified atom stereocenters. The van der Waals surface area contributed by atoms with Gasteiger partial charge in [0.1, 0.15) is 12.0 Å². The van der Waals surface area contributed by atoms with Crippen LogP contribution >= 0.6 is 0 Å². The molecule has 0 spiro atoms. The van der Waals surface area contributed by atoms with Crippen LogP contribution in [0.4, 0.5) is 9.18 Å². The van der Waals surface area contributed by atoms with Gasteiger partial charge in [-0.15, -0.1) is 0 Å². The second-order valence-corrected chi connectivity index (χ2v) is 8.08. The molecule has 0 saturated carbocycles. The van der Waals surface area contributed by atoms with E-state index in [0.29, 0.717) is 22.4 Å². The Kier molecular flexibility index (Phi) is 5.97. The minimum atomic E-state index is -0.728. The van der Waals surface area contributed by atoms with E-state index in [-0.39, 0.29) is 18.2 Å². The highest BCUT2D eigenvalue weighted by Gasteiger charge is 2.30. The Morgan fingerprint density at radius 2 is 1.79 bits per heavy atom. The molecule has 3 aromatic rings. The first kappa shape index (κ1) is 22.8. The third-order valence-corrected chi connectivity index (χ3v) is 5.77. The number of hydrogen-bond donors (Lipinski definition) is 1. The molecule has 2 amide bonds. The third kappa shape index (κ3) is 4.29. The summed E-state index contributed by atoms with van der Waals surface area (Å²) in [6.07, 6.45) is 2.52. The van der Waals surface area contributed by atoms with Crippen molar-refractivity contribution < 1.29 is 14.0 Å². The van der Waals surface area contributed by atoms with Crippen molar-refractivity contribution >= 4 is 11.8 Å². The molecule has 174 valence electrons. The first-order valence-corrected chi connectivity index (χ1v) is 10.4. The van der Waals surface area contributed by atoms with Gasteiger partial charge in [-0.05, 0) is 47.9 Å². The number of aryl methyl sites for hydroxylation is 1. The van der Waals surface area contributed by atoms with Crippen molar-refractivity contribution in [2.45, 2.75) is 19.4 Å². The maximum atomic E-state index is 13.4. The normalized spacial score (nSPS) is 15.6. The number of rotatable bonds is 5. The van der Waals surface area contributed by atoms with E-state index in [9.17, 15) is 23.6 Å². The summed E-state index contributed by atoms with van der Waals surface area (Å²) in [5.74, 6) is -0.670. The molecule has 1 aliphatic heterocycles. The van der Waals surface area contributed by atoms with Crippen LogP contribution in [-0.2, 0) is 18.3 Å². The number of ketones is 1. The van der Waals surface area contributed by atoms with Crippen molar-refractivity contribution in [3.63, 3.8) is 0 Å². The molecule has 0 aliphatic carbocycles. The van der Waals surface area contributed by atoms with Gasteiger partial charge in [0.2, 0.25) is 0 Å². The number of aromatic nitrogens is 3. The lowest BCUT2D eigenvalue weighted by Crippen LogP contribution is -2.43. The summed E-state index contributed by atoms with van der Waals surface area (Å²) in [6.45, 7) is 1.84. The molecule has 10 heteroatoms. The largest absolute Gasteiger partial charge is 0.351 e. The van der Waals surface area contributed by atoms with Crippen LogP contribution in [0, 0.1) is 12.7 Å². The summed E-state index contributed by atoms with van der Waals surface area (Å²) in [5.41, 5.74) is 1.68. The molecular formula is C24H22FN5O4. The van der Waals surface area contributed by atoms with Crippen LogP contribution < -0.4 is 16.6 Å². The topological polar surface area (TPSA) is 106 Å². The van der Waals surface area contributed by atoms with E-state index < -0.39 is 23.1 Å². The molecule has 9 nitrogen and oxygen atoms in total. The molecule has 34 heavy (non-hydrogen) atoms. The summed E-state index contributed by atoms with van der Waals surface area (Å²) in [5, 5.41) is 6.69. The fourth-order valence-electron chi connectivity index (χ4n) is 3.71. The van der Waals surface area contributed by atoms with Crippen LogP contribution in [0.2, 0.25) is 0 Å². The number of hydrogen-bond acceptors (Lipinski definition) is 5. The van der Waals surface area contributed by atoms with Crippen LogP contribution in [0.3, 0.4) is 0 Å². The zero-order valence-electron chi connectivity index (χ0n) is 18.8. The number of carbonyl (C=O) groups is 2. The highest BCUT2D eigenvalue weighted by Crippen LogP contribution is 2.28. The van der Waals surface area contributed by atoms with E-state index in [1.807, 2.05) is 6.92 Å². The van der Waals surface area contributed by atoms with Gasteiger partial charge in [0.05, 0.1) is 11.7 Å². The van der Waals surface area contributed by atoms with Gasteiger partial charge in [-0.3, -0.25) is 14.2 Å². The van der Waals surface area contributed by atoms with Crippen LogP contribution in [0.15, 0.2) is 70.0 Å². The summed E-state index contributed by atoms with van der Waals surface area (Å²) in [7, 11) is 2.89. The Balaban J connectivity index is 1.69. The van der Waals surface area contributed by atoms with Gasteiger partial charge in [0.25, 0.3) is 5.56 Å². The van der Waals surface area contributed by atoms with E-state index >= 15 is 0 Å². The summed E-state index contributed by atoms with van der Waals surface area (Å²) in [4.78, 5) is 51.0. The monoisotopic (exact) mass is 463 g/mol. The smallest absolute Gasteiger partial charge is 0.327 e. The molecule has 2 aromatic carbocycles. The lowest BCUT2D eigenvalue weighted by molar-refractivity contribution is -0.115. The summed E-state index contributed by atoms with van der Waals surface area (Å²) >= 11 is 0. The maximum absolute atomic E-state index is 13.4. The Labute approximate surface area is 193 Å². The predicted octanol–water partition coefficient (Wildman–Crippen LogP) is 1.77. The quantitative estimate of drug-likeness (QED) is 0.621. The number of urea groups is 1. The average Bonchev–Trinajstić information content (AvgIpc) is 2.81. The molecule has 1 atom stereocenters. The zero-order valence-corrected chi connectivity index (χ0v) is 18.8. The van der Waals surface area contributed by atoms with Gasteiger partial charge >= 0.3 is 11.7 Å². The van der Waals surface area contributed by atoms with Gasteiger partial charge in [-0.25, -0.2) is 14.0 Å². The Morgan fingerprint density at radius 1 is 1.09 bits per heavy atom. The highest BCUT2D eigenvalue weighted by molar-refractivity contribution is 6.00. The van der Waals surface area contributed by atoms with Gasteiger partial charge in [-0.1, -0.05) is 18.2 Å². The lowest BCUT2D eigenvalue weighted by atomic mass is 9.91. The average molecular weight is 463 g/mol. The molecule has 1 aliphatic rings. The first-order valence-electron chi connectivity index (χ1n) is 10.4. The lowest BCUT2D eigenvalue weighted by Gasteiger charge is -2.30. The molecule has 0 saturated heterocycles. The number of nitrogens with one attached hydrogen (secondary N) is 1. The fourth-order valence-corrected chi connectivity index (χ4v) is 3.71. The Morgan fingerprint density at radius 3 is 2.50 bits per heavy atom. The van der Waals surface area contributed by atoms with Crippen LogP contribution in [0.1, 0.15) is 22.7 Å². The number of carbonyl (C=O) groups excluding carboxylic acids is 2. The number of Topliss-reactive ketones (excluding diaryl/α,β-unsaturated/α-hetero) is 1. The summed E-state index contributed by atoms with van der Waals surface area (Å²) in [6, 6.07) is 9.59. The molecule has 2 heterocycles. The zero-order chi connectivity index (χ0) is 24.6. The van der Waals surface area contributed by atoms with Crippen molar-refractivity contribution in [1.29, 1.82) is 0 Å². The second kappa shape index (κ2) is 8.89. The predicted molar refractivity (Wildman–Crippen MR) is 122 cm³/mol. The van der Waals surface area contributed by atoms with E-state index in [0.717, 1.165) is 21.0 Å². The van der Waals surface area contributed by atoms with Gasteiger partial charge in [-0.2, -0.15) is 9.78 Å². The minimum absolute atomic E-state index is 0.00652. The van der Waals surface area contributed by atoms with Crippen molar-refractivity contribution in [2.24, 2.45) is 7.05 Å². The van der Waals surface area contributed by atoms with Gasteiger partial charge in [0.15, 0.2) is 5.78 Å². The van der Waals surface area contributed by atoms with E-state index in [1.54, 1.807) is 18.2 Å². The number of nitrogens with zero attached hydrogens (tertiary/aromatic N) is 4. The fraction of sp³-hybridized carbons (Fsp3) is 0.208. The maximum Gasteiger partial charge on any atom is 0.351 e. The van der Waals surface area contributed by atoms with Gasteiger partial charge < -0.3 is 10.2 Å². The van der Waals surface area contributed by atoms with E-state index in [4.69, 9.17) is 0 Å². The Hall–Kier alpha value is -4.34. The second-order valence-electron chi connectivity index (χ2n) is 8.08. The SMILES string of the molecule is Cc1ccc(-n2ncc(=O)n(C)c2=O)cc1CC(=O)C1=CN(C)C(=O)N[C@H]1c1ccc(F)cc1. The van der Waals surface area contributed by atoms with Crippen molar-refractivity contribution in [1.82, 2.24) is 24.6 Å². The molecule has 1 aromatic heterocycles. The molecular weight excluding hydrogens is 441 g/mol. The molecule has 0 fully saturated rings. The van der Waals surface area contributed by atoms with E-state index in [1.165, 1.54) is 49.5 Å². The third-order valence-electron chi connectivity index (χ3n) is 5.77. The molecule has 0 radical (unpaired) electrons. The Bertz CT molecular complexity index is 1440. The van der Waals surface area contributed by atoms with Gasteiger partial charge in [0, 0.05) is 32.3 Å². The first-order chi connectivity index (χ1) is 16.2. The number of amides is 2. The molecule has 1 N–H and O–H groups in total. The van der Waals surface area contributed by atoms with Crippen molar-refractivity contribution in [2.75, 3.05) is 7.05 Å². The number of benzene rings is 2. The van der Waals surface area contributed by atoms with Crippen molar-refractivity contribution in [3.8, 4) is 5.69 Å². The van der Waals surface area contributed by atoms with Crippen LogP contribution in [0.5, 0.6) is 0 Å². The van der Waals surface area contributed by atoms with Crippen LogP contribution in [0.25, 0.3) is 5.69 Å². The van der Waals surface area contributed by atoms with Crippen LogP contribution in [-0.4, -0.2) is 38.1 Å². The molecule has 4 rings (SSSR count). The number of halogens is 1. The van der Waals surface area contributed by atoms with Crippen molar-refractivity contribution in [3.05, 3.63) is 104 Å². The standard InChI is InChI=1S/C24H22FN5O4/c1-14-4-9-18(30-24(34)29(3)21(32)12-26-30)10-16(14)11-20(31)19-13-28(2)23(33)27-22(19)15-5-7-17(25)8-6-15/h4-10,12-13,22H,11H2,1-3H3,(H,27,33)/t22-/m0/s1.